The Morgan fingerprint density at radius 3 is 2.54 bits per heavy atom. The van der Waals surface area contributed by atoms with Crippen LogP contribution in [0.3, 0.4) is 0 Å². The molecule has 0 fully saturated rings. The third kappa shape index (κ3) is 5.82. The summed E-state index contributed by atoms with van der Waals surface area (Å²) in [5.74, 6) is -0.908. The first kappa shape index (κ1) is 21.9. The highest BCUT2D eigenvalue weighted by Crippen LogP contribution is 2.42. The number of hydrogen-bond acceptors (Lipinski definition) is 1. The molecular formula is C26H34O2. The molecule has 1 aliphatic rings. The Hall–Kier alpha value is -2.35. The van der Waals surface area contributed by atoms with Crippen LogP contribution in [0, 0.1) is 5.41 Å². The second-order valence-electron chi connectivity index (χ2n) is 8.88. The van der Waals surface area contributed by atoms with Gasteiger partial charge in [0.25, 0.3) is 0 Å². The van der Waals surface area contributed by atoms with Crippen molar-refractivity contribution < 1.29 is 9.90 Å². The van der Waals surface area contributed by atoms with Crippen LogP contribution in [0.2, 0.25) is 0 Å². The quantitative estimate of drug-likeness (QED) is 0.409. The Kier molecular flexibility index (Phi) is 7.23. The van der Waals surface area contributed by atoms with Crippen molar-refractivity contribution in [2.45, 2.75) is 65.7 Å². The van der Waals surface area contributed by atoms with Gasteiger partial charge >= 0.3 is 5.97 Å². The zero-order chi connectivity index (χ0) is 20.8. The largest absolute Gasteiger partial charge is 0.478 e. The highest BCUT2D eigenvalue weighted by atomic mass is 16.4. The summed E-state index contributed by atoms with van der Waals surface area (Å²) >= 11 is 0. The molecular weight excluding hydrogens is 344 g/mol. The van der Waals surface area contributed by atoms with Gasteiger partial charge in [-0.1, -0.05) is 81.0 Å². The highest BCUT2D eigenvalue weighted by Gasteiger charge is 2.28. The minimum Gasteiger partial charge on any atom is -0.478 e. The van der Waals surface area contributed by atoms with Crippen molar-refractivity contribution in [2.75, 3.05) is 0 Å². The number of allylic oxidation sites excluding steroid dienone is 7. The second-order valence-corrected chi connectivity index (χ2v) is 8.88. The van der Waals surface area contributed by atoms with E-state index in [1.54, 1.807) is 0 Å². The molecule has 1 aromatic rings. The van der Waals surface area contributed by atoms with Crippen LogP contribution in [-0.2, 0) is 10.2 Å². The maximum Gasteiger partial charge on any atom is 0.328 e. The van der Waals surface area contributed by atoms with Crippen molar-refractivity contribution in [3.8, 4) is 0 Å². The third-order valence-electron chi connectivity index (χ3n) is 5.87. The summed E-state index contributed by atoms with van der Waals surface area (Å²) in [4.78, 5) is 10.8. The van der Waals surface area contributed by atoms with Crippen LogP contribution in [0.5, 0.6) is 0 Å². The Labute approximate surface area is 170 Å². The van der Waals surface area contributed by atoms with Crippen LogP contribution < -0.4 is 0 Å². The number of carbonyl (C=O) groups is 1. The molecule has 1 atom stereocenters. The van der Waals surface area contributed by atoms with Crippen LogP contribution in [-0.4, -0.2) is 11.1 Å². The first-order valence-corrected chi connectivity index (χ1v) is 10.2. The summed E-state index contributed by atoms with van der Waals surface area (Å²) in [6.07, 6.45) is 14.4. The molecule has 1 aromatic carbocycles. The van der Waals surface area contributed by atoms with Gasteiger partial charge in [0.2, 0.25) is 0 Å². The zero-order valence-electron chi connectivity index (χ0n) is 18.0. The van der Waals surface area contributed by atoms with E-state index in [9.17, 15) is 4.79 Å². The van der Waals surface area contributed by atoms with Crippen molar-refractivity contribution in [1.29, 1.82) is 0 Å². The fourth-order valence-electron chi connectivity index (χ4n) is 4.11. The summed E-state index contributed by atoms with van der Waals surface area (Å²) in [6.45, 7) is 11.0. The topological polar surface area (TPSA) is 37.3 Å². The maximum atomic E-state index is 10.8. The van der Waals surface area contributed by atoms with Crippen molar-refractivity contribution in [2.24, 2.45) is 5.41 Å². The molecule has 1 N–H and O–H groups in total. The van der Waals surface area contributed by atoms with Crippen molar-refractivity contribution in [3.05, 3.63) is 83.0 Å². The lowest BCUT2D eigenvalue weighted by atomic mass is 9.71. The molecule has 0 spiro atoms. The third-order valence-corrected chi connectivity index (χ3v) is 5.87. The Morgan fingerprint density at radius 2 is 1.93 bits per heavy atom. The van der Waals surface area contributed by atoms with E-state index in [4.69, 9.17) is 5.11 Å². The molecule has 0 radical (unpaired) electrons. The van der Waals surface area contributed by atoms with Crippen molar-refractivity contribution in [3.63, 3.8) is 0 Å². The second kappa shape index (κ2) is 9.23. The van der Waals surface area contributed by atoms with Gasteiger partial charge < -0.3 is 5.11 Å². The normalized spacial score (nSPS) is 20.0. The lowest BCUT2D eigenvalue weighted by Gasteiger charge is -2.34. The van der Waals surface area contributed by atoms with E-state index < -0.39 is 5.97 Å². The molecule has 0 amide bonds. The van der Waals surface area contributed by atoms with E-state index in [1.165, 1.54) is 42.0 Å². The van der Waals surface area contributed by atoms with Crippen molar-refractivity contribution in [1.82, 2.24) is 0 Å². The standard InChI is InChI=1S/C26H34O2/c1-20(19-24(27)28)11-9-17-26(5,22-13-7-6-8-14-22)18-15-23-21(2)12-10-16-25(23,3)4/h6-9,11,13-15,18-19H,10,12,16-17H2,1-5H3,(H,27,28)/b11-9+,18-15+,20-19+. The lowest BCUT2D eigenvalue weighted by molar-refractivity contribution is -0.131. The molecule has 0 saturated heterocycles. The van der Waals surface area contributed by atoms with Crippen LogP contribution >= 0.6 is 0 Å². The summed E-state index contributed by atoms with van der Waals surface area (Å²) < 4.78 is 0. The Bertz CT molecular complexity index is 806. The van der Waals surface area contributed by atoms with Gasteiger partial charge in [0.05, 0.1) is 0 Å². The van der Waals surface area contributed by atoms with Crippen LogP contribution in [0.25, 0.3) is 0 Å². The van der Waals surface area contributed by atoms with Gasteiger partial charge in [-0.25, -0.2) is 4.79 Å². The SMILES string of the molecule is CC1=C(/C=C/C(C)(C/C=C/C(C)=C/C(=O)O)c2ccccc2)C(C)(C)CCC1. The van der Waals surface area contributed by atoms with E-state index in [1.807, 2.05) is 19.1 Å². The minimum absolute atomic E-state index is 0.151. The van der Waals surface area contributed by atoms with Crippen LogP contribution in [0.4, 0.5) is 0 Å². The maximum absolute atomic E-state index is 10.8. The summed E-state index contributed by atoms with van der Waals surface area (Å²) in [5, 5.41) is 8.90. The first-order valence-electron chi connectivity index (χ1n) is 10.2. The molecule has 0 bridgehead atoms. The number of hydrogen-bond donors (Lipinski definition) is 1. The molecule has 2 rings (SSSR count). The molecule has 0 heterocycles. The van der Waals surface area contributed by atoms with Gasteiger partial charge in [0.15, 0.2) is 0 Å². The van der Waals surface area contributed by atoms with E-state index in [-0.39, 0.29) is 10.8 Å². The van der Waals surface area contributed by atoms with Gasteiger partial charge in [0, 0.05) is 11.5 Å². The zero-order valence-corrected chi connectivity index (χ0v) is 18.0. The number of carboxylic acids is 1. The monoisotopic (exact) mass is 378 g/mol. The summed E-state index contributed by atoms with van der Waals surface area (Å²) in [5.41, 5.74) is 5.04. The molecule has 0 aliphatic heterocycles. The molecule has 0 saturated carbocycles. The molecule has 28 heavy (non-hydrogen) atoms. The highest BCUT2D eigenvalue weighted by molar-refractivity contribution is 5.81. The average Bonchev–Trinajstić information content (AvgIpc) is 2.61. The van der Waals surface area contributed by atoms with Gasteiger partial charge in [-0.3, -0.25) is 0 Å². The van der Waals surface area contributed by atoms with Crippen molar-refractivity contribution >= 4 is 5.97 Å². The van der Waals surface area contributed by atoms with E-state index in [0.29, 0.717) is 0 Å². The predicted molar refractivity (Wildman–Crippen MR) is 118 cm³/mol. The first-order chi connectivity index (χ1) is 13.1. The van der Waals surface area contributed by atoms with Gasteiger partial charge in [-0.2, -0.15) is 0 Å². The fourth-order valence-corrected chi connectivity index (χ4v) is 4.11. The average molecular weight is 379 g/mol. The predicted octanol–water partition coefficient (Wildman–Crippen LogP) is 7.00. The molecule has 2 heteroatoms. The van der Waals surface area contributed by atoms with E-state index in [0.717, 1.165) is 12.0 Å². The molecule has 150 valence electrons. The summed E-state index contributed by atoms with van der Waals surface area (Å²) in [6, 6.07) is 10.5. The van der Waals surface area contributed by atoms with Crippen LogP contribution in [0.15, 0.2) is 77.4 Å². The molecule has 2 nitrogen and oxygen atoms in total. The number of benzene rings is 1. The number of carboxylic acid groups (broad SMARTS) is 1. The molecule has 0 aromatic heterocycles. The Morgan fingerprint density at radius 1 is 1.25 bits per heavy atom. The minimum atomic E-state index is -0.908. The number of aliphatic carboxylic acids is 1. The summed E-state index contributed by atoms with van der Waals surface area (Å²) in [7, 11) is 0. The van der Waals surface area contributed by atoms with Gasteiger partial charge in [-0.15, -0.1) is 0 Å². The van der Waals surface area contributed by atoms with Crippen LogP contribution in [0.1, 0.15) is 65.9 Å². The van der Waals surface area contributed by atoms with E-state index in [2.05, 4.69) is 70.2 Å². The van der Waals surface area contributed by atoms with E-state index >= 15 is 0 Å². The smallest absolute Gasteiger partial charge is 0.328 e. The molecule has 1 unspecified atom stereocenters. The lowest BCUT2D eigenvalue weighted by Crippen LogP contribution is -2.21. The van der Waals surface area contributed by atoms with Gasteiger partial charge in [0.1, 0.15) is 0 Å². The molecule has 1 aliphatic carbocycles. The fraction of sp³-hybridized carbons (Fsp3) is 0.423. The van der Waals surface area contributed by atoms with Gasteiger partial charge in [-0.05, 0) is 61.7 Å². The number of rotatable bonds is 7. The Balaban J connectivity index is 2.35.